The van der Waals surface area contributed by atoms with E-state index in [0.29, 0.717) is 19.4 Å². The minimum absolute atomic E-state index is 0.0389. The van der Waals surface area contributed by atoms with E-state index in [1.807, 2.05) is 24.3 Å². The lowest BCUT2D eigenvalue weighted by atomic mass is 9.80. The number of hydrogen-bond donors (Lipinski definition) is 2. The highest BCUT2D eigenvalue weighted by molar-refractivity contribution is 5.92. The van der Waals surface area contributed by atoms with E-state index in [2.05, 4.69) is 33.1 Å². The highest BCUT2D eigenvalue weighted by Crippen LogP contribution is 2.28. The highest BCUT2D eigenvalue weighted by Gasteiger charge is 2.40. The first kappa shape index (κ1) is 20.0. The molecule has 8 heteroatoms. The molecule has 1 aromatic carbocycles. The number of unbranched alkanes of at least 4 members (excludes halogenated alkanes) is 1. The summed E-state index contributed by atoms with van der Waals surface area (Å²) < 4.78 is 1.56. The van der Waals surface area contributed by atoms with Gasteiger partial charge in [-0.3, -0.25) is 9.59 Å². The number of nitrogens with zero attached hydrogens (tertiary/aromatic N) is 4. The maximum Gasteiger partial charge on any atom is 0.245 e. The van der Waals surface area contributed by atoms with Crippen LogP contribution < -0.4 is 10.6 Å². The van der Waals surface area contributed by atoms with Crippen molar-refractivity contribution in [1.82, 2.24) is 30.8 Å². The van der Waals surface area contributed by atoms with Gasteiger partial charge in [0.05, 0.1) is 12.1 Å². The number of benzene rings is 1. The van der Waals surface area contributed by atoms with Crippen LogP contribution in [0.2, 0.25) is 0 Å². The lowest BCUT2D eigenvalue weighted by molar-refractivity contribution is -0.134. The summed E-state index contributed by atoms with van der Waals surface area (Å²) >= 11 is 0. The SMILES string of the molecule is CCCCNC(=O)C1(NC(=O)Cc2ccc(-n3cnnn3)cc2)CCCCC1. The summed E-state index contributed by atoms with van der Waals surface area (Å²) in [6.07, 6.45) is 8.17. The highest BCUT2D eigenvalue weighted by atomic mass is 16.2. The standard InChI is InChI=1S/C20H28N6O2/c1-2-3-13-21-19(28)20(11-5-4-6-12-20)23-18(27)14-16-7-9-17(10-8-16)26-15-22-24-25-26/h7-10,15H,2-6,11-14H2,1H3,(H,21,28)(H,23,27). The molecule has 1 aliphatic carbocycles. The lowest BCUT2D eigenvalue weighted by Crippen LogP contribution is -2.60. The minimum Gasteiger partial charge on any atom is -0.354 e. The first-order valence-corrected chi connectivity index (χ1v) is 10.0. The molecular formula is C20H28N6O2. The van der Waals surface area contributed by atoms with Gasteiger partial charge >= 0.3 is 0 Å². The van der Waals surface area contributed by atoms with Gasteiger partial charge in [0.15, 0.2) is 0 Å². The van der Waals surface area contributed by atoms with E-state index in [1.165, 1.54) is 6.33 Å². The summed E-state index contributed by atoms with van der Waals surface area (Å²) in [7, 11) is 0. The first-order valence-electron chi connectivity index (χ1n) is 10.0. The fourth-order valence-corrected chi connectivity index (χ4v) is 3.65. The van der Waals surface area contributed by atoms with Crippen molar-refractivity contribution in [3.8, 4) is 5.69 Å². The summed E-state index contributed by atoms with van der Waals surface area (Å²) in [5, 5.41) is 17.1. The molecule has 0 atom stereocenters. The van der Waals surface area contributed by atoms with E-state index in [4.69, 9.17) is 0 Å². The number of carbonyl (C=O) groups is 2. The molecule has 1 saturated carbocycles. The van der Waals surface area contributed by atoms with Gasteiger partial charge in [0.1, 0.15) is 11.9 Å². The molecule has 150 valence electrons. The topological polar surface area (TPSA) is 102 Å². The Labute approximate surface area is 165 Å². The number of rotatable bonds is 8. The van der Waals surface area contributed by atoms with Gasteiger partial charge in [-0.1, -0.05) is 44.7 Å². The van der Waals surface area contributed by atoms with E-state index in [9.17, 15) is 9.59 Å². The number of amides is 2. The average Bonchev–Trinajstić information content (AvgIpc) is 3.24. The van der Waals surface area contributed by atoms with Crippen LogP contribution >= 0.6 is 0 Å². The zero-order valence-electron chi connectivity index (χ0n) is 16.4. The largest absolute Gasteiger partial charge is 0.354 e. The van der Waals surface area contributed by atoms with Crippen molar-refractivity contribution < 1.29 is 9.59 Å². The molecule has 0 saturated heterocycles. The van der Waals surface area contributed by atoms with Gasteiger partial charge in [-0.05, 0) is 47.4 Å². The van der Waals surface area contributed by atoms with Crippen molar-refractivity contribution in [3.05, 3.63) is 36.2 Å². The van der Waals surface area contributed by atoms with E-state index >= 15 is 0 Å². The molecule has 2 amide bonds. The minimum atomic E-state index is -0.768. The lowest BCUT2D eigenvalue weighted by Gasteiger charge is -2.36. The van der Waals surface area contributed by atoms with Crippen molar-refractivity contribution in [1.29, 1.82) is 0 Å². The number of hydrogen-bond acceptors (Lipinski definition) is 5. The van der Waals surface area contributed by atoms with Crippen molar-refractivity contribution in [2.45, 2.75) is 63.8 Å². The third-order valence-corrected chi connectivity index (χ3v) is 5.25. The molecule has 0 bridgehead atoms. The fourth-order valence-electron chi connectivity index (χ4n) is 3.65. The Morgan fingerprint density at radius 2 is 1.89 bits per heavy atom. The summed E-state index contributed by atoms with van der Waals surface area (Å²) in [6, 6.07) is 7.50. The van der Waals surface area contributed by atoms with Crippen molar-refractivity contribution in [2.24, 2.45) is 0 Å². The number of tetrazole rings is 1. The van der Waals surface area contributed by atoms with Gasteiger partial charge in [-0.2, -0.15) is 0 Å². The molecule has 2 aromatic rings. The number of nitrogens with one attached hydrogen (secondary N) is 2. The smallest absolute Gasteiger partial charge is 0.245 e. The molecule has 1 aromatic heterocycles. The van der Waals surface area contributed by atoms with Crippen molar-refractivity contribution in [3.63, 3.8) is 0 Å². The van der Waals surface area contributed by atoms with Crippen LogP contribution in [-0.4, -0.2) is 44.1 Å². The molecule has 1 heterocycles. The molecular weight excluding hydrogens is 356 g/mol. The van der Waals surface area contributed by atoms with E-state index < -0.39 is 5.54 Å². The van der Waals surface area contributed by atoms with E-state index in [-0.39, 0.29) is 18.2 Å². The molecule has 0 spiro atoms. The van der Waals surface area contributed by atoms with Gasteiger partial charge < -0.3 is 10.6 Å². The Morgan fingerprint density at radius 3 is 2.54 bits per heavy atom. The molecule has 28 heavy (non-hydrogen) atoms. The van der Waals surface area contributed by atoms with Gasteiger partial charge in [0.2, 0.25) is 11.8 Å². The molecule has 1 aliphatic rings. The van der Waals surface area contributed by atoms with Crippen LogP contribution in [0.15, 0.2) is 30.6 Å². The van der Waals surface area contributed by atoms with Crippen LogP contribution in [0.1, 0.15) is 57.4 Å². The molecule has 8 nitrogen and oxygen atoms in total. The van der Waals surface area contributed by atoms with E-state index in [1.54, 1.807) is 4.68 Å². The van der Waals surface area contributed by atoms with Gasteiger partial charge in [-0.15, -0.1) is 5.10 Å². The molecule has 0 aliphatic heterocycles. The summed E-state index contributed by atoms with van der Waals surface area (Å²) in [6.45, 7) is 2.75. The third kappa shape index (κ3) is 4.94. The predicted molar refractivity (Wildman–Crippen MR) is 105 cm³/mol. The molecule has 0 radical (unpaired) electrons. The Bertz CT molecular complexity index is 767. The maximum absolute atomic E-state index is 12.8. The summed E-state index contributed by atoms with van der Waals surface area (Å²) in [4.78, 5) is 25.5. The second-order valence-electron chi connectivity index (χ2n) is 7.40. The number of carbonyl (C=O) groups excluding carboxylic acids is 2. The zero-order valence-corrected chi connectivity index (χ0v) is 16.4. The zero-order chi connectivity index (χ0) is 19.8. The van der Waals surface area contributed by atoms with Crippen molar-refractivity contribution in [2.75, 3.05) is 6.54 Å². The molecule has 0 unspecified atom stereocenters. The fraction of sp³-hybridized carbons (Fsp3) is 0.550. The second-order valence-corrected chi connectivity index (χ2v) is 7.40. The maximum atomic E-state index is 12.8. The average molecular weight is 384 g/mol. The van der Waals surface area contributed by atoms with Crippen LogP contribution in [0.25, 0.3) is 5.69 Å². The third-order valence-electron chi connectivity index (χ3n) is 5.25. The quantitative estimate of drug-likeness (QED) is 0.677. The Morgan fingerprint density at radius 1 is 1.14 bits per heavy atom. The monoisotopic (exact) mass is 384 g/mol. The van der Waals surface area contributed by atoms with Crippen LogP contribution in [0.5, 0.6) is 0 Å². The van der Waals surface area contributed by atoms with Crippen molar-refractivity contribution >= 4 is 11.8 Å². The molecule has 2 N–H and O–H groups in total. The first-order chi connectivity index (χ1) is 13.6. The normalized spacial score (nSPS) is 15.8. The summed E-state index contributed by atoms with van der Waals surface area (Å²) in [5.41, 5.74) is 0.940. The van der Waals surface area contributed by atoms with E-state index in [0.717, 1.165) is 43.4 Å². The number of aromatic nitrogens is 4. The van der Waals surface area contributed by atoms with Crippen LogP contribution in [0.4, 0.5) is 0 Å². The second kappa shape index (κ2) is 9.43. The summed E-state index contributed by atoms with van der Waals surface area (Å²) in [5.74, 6) is -0.161. The Hall–Kier alpha value is -2.77. The van der Waals surface area contributed by atoms with Gasteiger partial charge in [0, 0.05) is 6.54 Å². The van der Waals surface area contributed by atoms with Gasteiger partial charge in [-0.25, -0.2) is 4.68 Å². The van der Waals surface area contributed by atoms with Gasteiger partial charge in [0.25, 0.3) is 0 Å². The van der Waals surface area contributed by atoms with Crippen LogP contribution in [0, 0.1) is 0 Å². The molecule has 3 rings (SSSR count). The van der Waals surface area contributed by atoms with Crippen LogP contribution in [-0.2, 0) is 16.0 Å². The molecule has 1 fully saturated rings. The predicted octanol–water partition coefficient (Wildman–Crippen LogP) is 1.94. The van der Waals surface area contributed by atoms with Crippen LogP contribution in [0.3, 0.4) is 0 Å². The Kier molecular flexibility index (Phi) is 6.73. The Balaban J connectivity index is 1.62.